The van der Waals surface area contributed by atoms with Gasteiger partial charge >= 0.3 is 0 Å². The van der Waals surface area contributed by atoms with Crippen molar-refractivity contribution in [3.8, 4) is 5.75 Å². The van der Waals surface area contributed by atoms with Crippen molar-refractivity contribution < 1.29 is 9.53 Å². The van der Waals surface area contributed by atoms with Crippen molar-refractivity contribution in [2.45, 2.75) is 13.3 Å². The van der Waals surface area contributed by atoms with E-state index in [-0.39, 0.29) is 0 Å². The molecule has 0 bridgehead atoms. The van der Waals surface area contributed by atoms with E-state index in [0.29, 0.717) is 13.0 Å². The Bertz CT molecular complexity index is 297. The van der Waals surface area contributed by atoms with E-state index in [1.807, 2.05) is 25.1 Å². The van der Waals surface area contributed by atoms with Gasteiger partial charge in [0, 0.05) is 16.5 Å². The van der Waals surface area contributed by atoms with Crippen LogP contribution in [0, 0.1) is 0 Å². The normalized spacial score (nSPS) is 9.69. The first kappa shape index (κ1) is 10.3. The molecule has 0 aliphatic rings. The highest BCUT2D eigenvalue weighted by molar-refractivity contribution is 9.10. The van der Waals surface area contributed by atoms with E-state index in [1.54, 1.807) is 0 Å². The summed E-state index contributed by atoms with van der Waals surface area (Å²) in [5, 5.41) is 0. The molecule has 0 aliphatic carbocycles. The molecule has 0 aliphatic heterocycles. The summed E-state index contributed by atoms with van der Waals surface area (Å²) in [5.74, 6) is 0.781. The van der Waals surface area contributed by atoms with Gasteiger partial charge in [0.05, 0.1) is 6.61 Å². The van der Waals surface area contributed by atoms with Crippen molar-refractivity contribution in [3.05, 3.63) is 28.2 Å². The fourth-order valence-electron chi connectivity index (χ4n) is 1.08. The van der Waals surface area contributed by atoms with Gasteiger partial charge in [-0.15, -0.1) is 0 Å². The van der Waals surface area contributed by atoms with Gasteiger partial charge in [0.25, 0.3) is 0 Å². The Labute approximate surface area is 86.0 Å². The smallest absolute Gasteiger partial charge is 0.124 e. The summed E-state index contributed by atoms with van der Waals surface area (Å²) < 4.78 is 6.34. The molecule has 0 aromatic heterocycles. The van der Waals surface area contributed by atoms with E-state index in [2.05, 4.69) is 15.9 Å². The van der Waals surface area contributed by atoms with Crippen molar-refractivity contribution in [1.29, 1.82) is 0 Å². The maximum absolute atomic E-state index is 10.3. The molecule has 0 fully saturated rings. The lowest BCUT2D eigenvalue weighted by Gasteiger charge is -2.07. The SMILES string of the molecule is CCOc1cc(Br)ccc1CC=O. The Balaban J connectivity index is 2.95. The zero-order valence-electron chi connectivity index (χ0n) is 7.42. The third kappa shape index (κ3) is 2.84. The zero-order valence-corrected chi connectivity index (χ0v) is 9.00. The molecule has 0 saturated heterocycles. The summed E-state index contributed by atoms with van der Waals surface area (Å²) in [5.41, 5.74) is 0.931. The molecule has 0 unspecified atom stereocenters. The van der Waals surface area contributed by atoms with Gasteiger partial charge in [0.2, 0.25) is 0 Å². The minimum absolute atomic E-state index is 0.405. The van der Waals surface area contributed by atoms with Gasteiger partial charge in [0.1, 0.15) is 12.0 Å². The lowest BCUT2D eigenvalue weighted by atomic mass is 10.1. The maximum atomic E-state index is 10.3. The third-order valence-electron chi connectivity index (χ3n) is 1.63. The van der Waals surface area contributed by atoms with Gasteiger partial charge in [0.15, 0.2) is 0 Å². The van der Waals surface area contributed by atoms with Gasteiger partial charge < -0.3 is 9.53 Å². The second kappa shape index (κ2) is 5.02. The van der Waals surface area contributed by atoms with Crippen molar-refractivity contribution in [3.63, 3.8) is 0 Å². The Morgan fingerprint density at radius 1 is 1.54 bits per heavy atom. The van der Waals surface area contributed by atoms with E-state index < -0.39 is 0 Å². The average Bonchev–Trinajstić information content (AvgIpc) is 2.10. The number of hydrogen-bond donors (Lipinski definition) is 0. The van der Waals surface area contributed by atoms with Gasteiger partial charge in [-0.05, 0) is 19.1 Å². The third-order valence-corrected chi connectivity index (χ3v) is 2.13. The van der Waals surface area contributed by atoms with Crippen molar-refractivity contribution in [2.75, 3.05) is 6.61 Å². The average molecular weight is 243 g/mol. The standard InChI is InChI=1S/C10H11BrO2/c1-2-13-10-7-9(11)4-3-8(10)5-6-12/h3-4,6-7H,2,5H2,1H3. The monoisotopic (exact) mass is 242 g/mol. The molecular weight excluding hydrogens is 232 g/mol. The molecule has 0 spiro atoms. The van der Waals surface area contributed by atoms with Gasteiger partial charge in [-0.3, -0.25) is 0 Å². The van der Waals surface area contributed by atoms with Gasteiger partial charge in [-0.1, -0.05) is 22.0 Å². The number of carbonyl (C=O) groups is 1. The van der Waals surface area contributed by atoms with Gasteiger partial charge in [-0.25, -0.2) is 0 Å². The Morgan fingerprint density at radius 3 is 2.92 bits per heavy atom. The molecule has 0 N–H and O–H groups in total. The van der Waals surface area contributed by atoms with Crippen LogP contribution in [0.3, 0.4) is 0 Å². The van der Waals surface area contributed by atoms with Crippen molar-refractivity contribution in [1.82, 2.24) is 0 Å². The summed E-state index contributed by atoms with van der Waals surface area (Å²) in [7, 11) is 0. The van der Waals surface area contributed by atoms with Gasteiger partial charge in [-0.2, -0.15) is 0 Å². The largest absolute Gasteiger partial charge is 0.494 e. The minimum atomic E-state index is 0.405. The molecule has 1 aromatic rings. The maximum Gasteiger partial charge on any atom is 0.124 e. The summed E-state index contributed by atoms with van der Waals surface area (Å²) in [6, 6.07) is 5.67. The number of benzene rings is 1. The molecule has 2 nitrogen and oxygen atoms in total. The molecule has 1 rings (SSSR count). The zero-order chi connectivity index (χ0) is 9.68. The molecule has 3 heteroatoms. The number of aldehydes is 1. The highest BCUT2D eigenvalue weighted by Crippen LogP contribution is 2.23. The van der Waals surface area contributed by atoms with Crippen LogP contribution in [-0.2, 0) is 11.2 Å². The molecule has 0 atom stereocenters. The summed E-state index contributed by atoms with van der Waals surface area (Å²) in [6.07, 6.45) is 1.29. The van der Waals surface area contributed by atoms with E-state index in [9.17, 15) is 4.79 Å². The van der Waals surface area contributed by atoms with Crippen LogP contribution in [0.5, 0.6) is 5.75 Å². The first-order chi connectivity index (χ1) is 6.27. The molecular formula is C10H11BrO2. The van der Waals surface area contributed by atoms with E-state index in [1.165, 1.54) is 0 Å². The number of ether oxygens (including phenoxy) is 1. The first-order valence-electron chi connectivity index (χ1n) is 4.12. The highest BCUT2D eigenvalue weighted by atomic mass is 79.9. The van der Waals surface area contributed by atoms with Crippen LogP contribution < -0.4 is 4.74 Å². The lowest BCUT2D eigenvalue weighted by molar-refractivity contribution is -0.107. The lowest BCUT2D eigenvalue weighted by Crippen LogP contribution is -1.97. The number of carbonyl (C=O) groups excluding carboxylic acids is 1. The summed E-state index contributed by atoms with van der Waals surface area (Å²) in [6.45, 7) is 2.54. The molecule has 0 amide bonds. The summed E-state index contributed by atoms with van der Waals surface area (Å²) >= 11 is 3.35. The predicted octanol–water partition coefficient (Wildman–Crippen LogP) is 2.59. The minimum Gasteiger partial charge on any atom is -0.494 e. The topological polar surface area (TPSA) is 26.3 Å². The molecule has 1 aromatic carbocycles. The second-order valence-electron chi connectivity index (χ2n) is 2.56. The Morgan fingerprint density at radius 2 is 2.31 bits per heavy atom. The van der Waals surface area contributed by atoms with Crippen LogP contribution in [0.25, 0.3) is 0 Å². The summed E-state index contributed by atoms with van der Waals surface area (Å²) in [4.78, 5) is 10.3. The Hall–Kier alpha value is -0.830. The highest BCUT2D eigenvalue weighted by Gasteiger charge is 2.02. The molecule has 13 heavy (non-hydrogen) atoms. The molecule has 70 valence electrons. The number of halogens is 1. The van der Waals surface area contributed by atoms with Crippen LogP contribution in [0.1, 0.15) is 12.5 Å². The fourth-order valence-corrected chi connectivity index (χ4v) is 1.42. The molecule has 0 radical (unpaired) electrons. The molecule has 0 saturated carbocycles. The second-order valence-corrected chi connectivity index (χ2v) is 3.47. The van der Waals surface area contributed by atoms with Crippen LogP contribution in [-0.4, -0.2) is 12.9 Å². The predicted molar refractivity (Wildman–Crippen MR) is 55.1 cm³/mol. The van der Waals surface area contributed by atoms with Crippen LogP contribution in [0.15, 0.2) is 22.7 Å². The fraction of sp³-hybridized carbons (Fsp3) is 0.300. The van der Waals surface area contributed by atoms with Crippen LogP contribution in [0.4, 0.5) is 0 Å². The van der Waals surface area contributed by atoms with Crippen molar-refractivity contribution >= 4 is 22.2 Å². The van der Waals surface area contributed by atoms with Crippen molar-refractivity contribution in [2.24, 2.45) is 0 Å². The van der Waals surface area contributed by atoms with E-state index in [4.69, 9.17) is 4.74 Å². The Kier molecular flexibility index (Phi) is 3.96. The number of rotatable bonds is 4. The van der Waals surface area contributed by atoms with E-state index >= 15 is 0 Å². The number of hydrogen-bond acceptors (Lipinski definition) is 2. The van der Waals surface area contributed by atoms with Crippen LogP contribution in [0.2, 0.25) is 0 Å². The molecule has 0 heterocycles. The first-order valence-corrected chi connectivity index (χ1v) is 4.92. The quantitative estimate of drug-likeness (QED) is 0.759. The van der Waals surface area contributed by atoms with Crippen LogP contribution >= 0.6 is 15.9 Å². The van der Waals surface area contributed by atoms with E-state index in [0.717, 1.165) is 22.1 Å².